The minimum absolute atomic E-state index is 0.145. The zero-order valence-electron chi connectivity index (χ0n) is 17.2. The number of nitrogens with zero attached hydrogens (tertiary/aromatic N) is 2. The quantitative estimate of drug-likeness (QED) is 0.710. The van der Waals surface area contributed by atoms with E-state index in [9.17, 15) is 4.39 Å². The van der Waals surface area contributed by atoms with Crippen molar-refractivity contribution >= 4 is 9.04 Å². The van der Waals surface area contributed by atoms with Crippen LogP contribution in [0.5, 0.6) is 6.01 Å². The number of aromatic nitrogens is 2. The predicted octanol–water partition coefficient (Wildman–Crippen LogP) is 3.94. The van der Waals surface area contributed by atoms with Crippen LogP contribution in [-0.2, 0) is 11.0 Å². The van der Waals surface area contributed by atoms with Crippen LogP contribution in [0, 0.1) is 11.7 Å². The lowest BCUT2D eigenvalue weighted by Crippen LogP contribution is -2.25. The molecule has 2 heterocycles. The van der Waals surface area contributed by atoms with Gasteiger partial charge in [-0.1, -0.05) is 39.0 Å². The van der Waals surface area contributed by atoms with Gasteiger partial charge in [-0.2, -0.15) is 0 Å². The normalized spacial score (nSPS) is 18.2. The molecule has 1 aromatic carbocycles. The third-order valence-electron chi connectivity index (χ3n) is 5.34. The molecular formula is C21H30FN3O2Si. The van der Waals surface area contributed by atoms with Crippen LogP contribution in [0.2, 0.25) is 11.6 Å². The first-order valence-electron chi connectivity index (χ1n) is 9.89. The van der Waals surface area contributed by atoms with Crippen molar-refractivity contribution in [1.82, 2.24) is 15.3 Å². The van der Waals surface area contributed by atoms with Crippen LogP contribution in [0.4, 0.5) is 4.39 Å². The van der Waals surface area contributed by atoms with Gasteiger partial charge in [-0.25, -0.2) is 14.4 Å². The molecule has 2 atom stereocenters. The van der Waals surface area contributed by atoms with Crippen molar-refractivity contribution < 1.29 is 13.6 Å². The molecule has 28 heavy (non-hydrogen) atoms. The lowest BCUT2D eigenvalue weighted by Gasteiger charge is -2.25. The monoisotopic (exact) mass is 403 g/mol. The molecular weight excluding hydrogens is 373 g/mol. The van der Waals surface area contributed by atoms with Crippen molar-refractivity contribution in [2.24, 2.45) is 5.92 Å². The van der Waals surface area contributed by atoms with Gasteiger partial charge < -0.3 is 14.5 Å². The Kier molecular flexibility index (Phi) is 6.80. The van der Waals surface area contributed by atoms with Crippen molar-refractivity contribution in [2.75, 3.05) is 19.7 Å². The average molecular weight is 404 g/mol. The zero-order chi connectivity index (χ0) is 20.1. The smallest absolute Gasteiger partial charge is 0.316 e. The van der Waals surface area contributed by atoms with Crippen molar-refractivity contribution in [3.05, 3.63) is 42.0 Å². The molecule has 2 aromatic rings. The van der Waals surface area contributed by atoms with Crippen LogP contribution in [0.15, 0.2) is 30.6 Å². The molecule has 1 N–H and O–H groups in total. The van der Waals surface area contributed by atoms with Gasteiger partial charge in [0.15, 0.2) is 9.04 Å². The maximum Gasteiger partial charge on any atom is 0.316 e. The number of rotatable bonds is 7. The highest BCUT2D eigenvalue weighted by molar-refractivity contribution is 6.53. The van der Waals surface area contributed by atoms with Crippen LogP contribution in [0.3, 0.4) is 0 Å². The van der Waals surface area contributed by atoms with Crippen LogP contribution < -0.4 is 10.1 Å². The van der Waals surface area contributed by atoms with Gasteiger partial charge in [0, 0.05) is 41.5 Å². The Hall–Kier alpha value is -1.83. The van der Waals surface area contributed by atoms with Crippen molar-refractivity contribution in [2.45, 2.75) is 45.4 Å². The van der Waals surface area contributed by atoms with E-state index in [2.05, 4.69) is 42.6 Å². The highest BCUT2D eigenvalue weighted by Gasteiger charge is 2.23. The Balaban J connectivity index is 1.66. The van der Waals surface area contributed by atoms with Gasteiger partial charge in [-0.3, -0.25) is 0 Å². The zero-order valence-corrected chi connectivity index (χ0v) is 18.3. The van der Waals surface area contributed by atoms with E-state index in [-0.39, 0.29) is 10.9 Å². The van der Waals surface area contributed by atoms with E-state index in [0.29, 0.717) is 41.8 Å². The number of hydrogen-bond donors (Lipinski definition) is 1. The van der Waals surface area contributed by atoms with Crippen molar-refractivity contribution in [3.63, 3.8) is 0 Å². The summed E-state index contributed by atoms with van der Waals surface area (Å²) in [6.07, 6.45) is 4.34. The number of halogens is 1. The second kappa shape index (κ2) is 9.11. The fraction of sp³-hybridized carbons (Fsp3) is 0.524. The van der Waals surface area contributed by atoms with Crippen LogP contribution in [-0.4, -0.2) is 38.7 Å². The SMILES string of the molecule is C[SiH](OCc1cccc(-c2cnc(OCC3CCNC3)nc2)c1F)C(C)(C)C. The first-order chi connectivity index (χ1) is 13.3. The fourth-order valence-corrected chi connectivity index (χ4v) is 3.89. The molecule has 152 valence electrons. The Morgan fingerprint density at radius 1 is 1.25 bits per heavy atom. The van der Waals surface area contributed by atoms with Crippen molar-refractivity contribution in [3.8, 4) is 17.1 Å². The van der Waals surface area contributed by atoms with E-state index in [1.165, 1.54) is 0 Å². The lowest BCUT2D eigenvalue weighted by molar-refractivity contribution is 0.241. The molecule has 2 unspecified atom stereocenters. The van der Waals surface area contributed by atoms with E-state index in [1.807, 2.05) is 6.07 Å². The largest absolute Gasteiger partial charge is 0.463 e. The first kappa shape index (κ1) is 20.9. The van der Waals surface area contributed by atoms with Gasteiger partial charge in [0.1, 0.15) is 5.82 Å². The van der Waals surface area contributed by atoms with E-state index >= 15 is 0 Å². The Morgan fingerprint density at radius 3 is 2.64 bits per heavy atom. The standard InChI is InChI=1S/C21H30FN3O2Si/c1-21(2,3)28(4)27-14-16-6-5-7-18(19(16)22)17-11-24-20(25-12-17)26-13-15-8-9-23-10-15/h5-7,11-12,15,23,28H,8-10,13-14H2,1-4H3. The first-order valence-corrected chi connectivity index (χ1v) is 12.1. The van der Waals surface area contributed by atoms with E-state index in [4.69, 9.17) is 9.16 Å². The molecule has 0 radical (unpaired) electrons. The topological polar surface area (TPSA) is 56.3 Å². The average Bonchev–Trinajstić information content (AvgIpc) is 3.19. The summed E-state index contributed by atoms with van der Waals surface area (Å²) in [7, 11) is -1.41. The van der Waals surface area contributed by atoms with E-state index in [0.717, 1.165) is 19.5 Å². The highest BCUT2D eigenvalue weighted by Crippen LogP contribution is 2.29. The molecule has 0 aliphatic carbocycles. The third kappa shape index (κ3) is 5.37. The van der Waals surface area contributed by atoms with Crippen LogP contribution in [0.1, 0.15) is 32.8 Å². The van der Waals surface area contributed by atoms with Gasteiger partial charge in [-0.05, 0) is 24.6 Å². The molecule has 3 rings (SSSR count). The molecule has 0 bridgehead atoms. The highest BCUT2D eigenvalue weighted by atomic mass is 28.3. The van der Waals surface area contributed by atoms with Gasteiger partial charge in [-0.15, -0.1) is 0 Å². The van der Waals surface area contributed by atoms with Crippen LogP contribution >= 0.6 is 0 Å². The molecule has 1 fully saturated rings. The molecule has 1 saturated heterocycles. The maximum absolute atomic E-state index is 15.0. The minimum atomic E-state index is -1.41. The molecule has 1 aromatic heterocycles. The number of nitrogens with one attached hydrogen (secondary N) is 1. The van der Waals surface area contributed by atoms with Gasteiger partial charge in [0.2, 0.25) is 0 Å². The van der Waals surface area contributed by atoms with Crippen LogP contribution in [0.25, 0.3) is 11.1 Å². The Morgan fingerprint density at radius 2 is 2.00 bits per heavy atom. The summed E-state index contributed by atoms with van der Waals surface area (Å²) < 4.78 is 26.7. The van der Waals surface area contributed by atoms with Gasteiger partial charge in [0.25, 0.3) is 0 Å². The molecule has 0 amide bonds. The number of ether oxygens (including phenoxy) is 1. The lowest BCUT2D eigenvalue weighted by atomic mass is 10.1. The van der Waals surface area contributed by atoms with E-state index in [1.54, 1.807) is 24.5 Å². The summed E-state index contributed by atoms with van der Waals surface area (Å²) in [5.41, 5.74) is 1.68. The predicted molar refractivity (Wildman–Crippen MR) is 111 cm³/mol. The number of hydrogen-bond acceptors (Lipinski definition) is 5. The molecule has 0 saturated carbocycles. The summed E-state index contributed by atoms with van der Waals surface area (Å²) in [6, 6.07) is 5.70. The minimum Gasteiger partial charge on any atom is -0.463 e. The fourth-order valence-electron chi connectivity index (χ4n) is 2.96. The van der Waals surface area contributed by atoms with Gasteiger partial charge >= 0.3 is 6.01 Å². The van der Waals surface area contributed by atoms with Crippen molar-refractivity contribution in [1.29, 1.82) is 0 Å². The molecule has 7 heteroatoms. The molecule has 1 aliphatic rings. The summed E-state index contributed by atoms with van der Waals surface area (Å²) in [5.74, 6) is 0.225. The Labute approximate surface area is 168 Å². The summed E-state index contributed by atoms with van der Waals surface area (Å²) in [6.45, 7) is 11.5. The number of benzene rings is 1. The third-order valence-corrected chi connectivity index (χ3v) is 8.44. The molecule has 1 aliphatic heterocycles. The second-order valence-corrected chi connectivity index (χ2v) is 11.9. The molecule has 5 nitrogen and oxygen atoms in total. The second-order valence-electron chi connectivity index (χ2n) is 8.52. The summed E-state index contributed by atoms with van der Waals surface area (Å²) in [4.78, 5) is 8.50. The summed E-state index contributed by atoms with van der Waals surface area (Å²) >= 11 is 0. The van der Waals surface area contributed by atoms with Gasteiger partial charge in [0.05, 0.1) is 13.2 Å². The summed E-state index contributed by atoms with van der Waals surface area (Å²) in [5, 5.41) is 3.45. The maximum atomic E-state index is 15.0. The Bertz CT molecular complexity index is 774. The molecule has 0 spiro atoms. The van der Waals surface area contributed by atoms with E-state index < -0.39 is 9.04 Å².